The Morgan fingerprint density at radius 1 is 1.23 bits per heavy atom. The minimum atomic E-state index is -0.884. The Labute approximate surface area is 126 Å². The molecule has 1 N–H and O–H groups in total. The molecule has 0 aliphatic heterocycles. The summed E-state index contributed by atoms with van der Waals surface area (Å²) in [6, 6.07) is 5.36. The standard InChI is InChI=1S/C16H14F2N2O2/c1-8(2)22-15-13(17)5-10(6-14(15)18)11-4-9(3)20-16(21)12(11)7-19/h4-6,8H,1-3H3,(H,20,21). The van der Waals surface area contributed by atoms with E-state index in [-0.39, 0.29) is 22.8 Å². The minimum Gasteiger partial charge on any atom is -0.485 e. The fraction of sp³-hybridized carbons (Fsp3) is 0.250. The number of nitrogens with one attached hydrogen (secondary N) is 1. The normalized spacial score (nSPS) is 10.6. The van der Waals surface area contributed by atoms with Gasteiger partial charge in [-0.3, -0.25) is 4.79 Å². The Morgan fingerprint density at radius 2 is 1.82 bits per heavy atom. The predicted molar refractivity (Wildman–Crippen MR) is 77.6 cm³/mol. The molecule has 0 fully saturated rings. The molecule has 2 aromatic rings. The van der Waals surface area contributed by atoms with Crippen molar-refractivity contribution in [3.05, 3.63) is 51.4 Å². The number of hydrogen-bond acceptors (Lipinski definition) is 3. The fourth-order valence-corrected chi connectivity index (χ4v) is 2.09. The SMILES string of the molecule is Cc1cc(-c2cc(F)c(OC(C)C)c(F)c2)c(C#N)c(=O)[nH]1. The van der Waals surface area contributed by atoms with E-state index in [0.717, 1.165) is 12.1 Å². The number of nitrogens with zero attached hydrogens (tertiary/aromatic N) is 1. The van der Waals surface area contributed by atoms with Crippen LogP contribution in [0.2, 0.25) is 0 Å². The van der Waals surface area contributed by atoms with Crippen molar-refractivity contribution in [1.82, 2.24) is 4.98 Å². The minimum absolute atomic E-state index is 0.108. The number of H-pyrrole nitrogens is 1. The van der Waals surface area contributed by atoms with Crippen LogP contribution in [-0.4, -0.2) is 11.1 Å². The Balaban J connectivity index is 2.66. The van der Waals surface area contributed by atoms with Crippen LogP contribution in [0.15, 0.2) is 23.0 Å². The smallest absolute Gasteiger partial charge is 0.266 e. The van der Waals surface area contributed by atoms with Gasteiger partial charge in [0.1, 0.15) is 11.6 Å². The summed E-state index contributed by atoms with van der Waals surface area (Å²) in [6.45, 7) is 4.93. The Kier molecular flexibility index (Phi) is 4.27. The molecule has 0 radical (unpaired) electrons. The third kappa shape index (κ3) is 2.98. The molecule has 4 nitrogen and oxygen atoms in total. The highest BCUT2D eigenvalue weighted by atomic mass is 19.1. The van der Waals surface area contributed by atoms with Crippen molar-refractivity contribution in [2.75, 3.05) is 0 Å². The van der Waals surface area contributed by atoms with Crippen molar-refractivity contribution < 1.29 is 13.5 Å². The number of aryl methyl sites for hydroxylation is 1. The van der Waals surface area contributed by atoms with Gasteiger partial charge >= 0.3 is 0 Å². The summed E-state index contributed by atoms with van der Waals surface area (Å²) in [6.07, 6.45) is -0.383. The molecule has 0 atom stereocenters. The number of ether oxygens (including phenoxy) is 1. The summed E-state index contributed by atoms with van der Waals surface area (Å²) in [4.78, 5) is 14.2. The van der Waals surface area contributed by atoms with Gasteiger partial charge in [0, 0.05) is 11.3 Å². The highest BCUT2D eigenvalue weighted by Crippen LogP contribution is 2.30. The van der Waals surface area contributed by atoms with Gasteiger partial charge in [-0.05, 0) is 44.5 Å². The first kappa shape index (κ1) is 15.7. The predicted octanol–water partition coefficient (Wildman–Crippen LogP) is 3.29. The monoisotopic (exact) mass is 304 g/mol. The highest BCUT2D eigenvalue weighted by molar-refractivity contribution is 5.71. The van der Waals surface area contributed by atoms with E-state index in [1.807, 2.05) is 0 Å². The van der Waals surface area contributed by atoms with Crippen LogP contribution in [0.25, 0.3) is 11.1 Å². The van der Waals surface area contributed by atoms with Crippen molar-refractivity contribution >= 4 is 0 Å². The molecule has 0 aliphatic rings. The van der Waals surface area contributed by atoms with Crippen LogP contribution in [0.4, 0.5) is 8.78 Å². The van der Waals surface area contributed by atoms with E-state index in [1.54, 1.807) is 26.8 Å². The summed E-state index contributed by atoms with van der Waals surface area (Å²) in [7, 11) is 0. The molecule has 0 saturated heterocycles. The quantitative estimate of drug-likeness (QED) is 0.946. The van der Waals surface area contributed by atoms with Gasteiger partial charge in [-0.1, -0.05) is 0 Å². The lowest BCUT2D eigenvalue weighted by Crippen LogP contribution is -2.13. The summed E-state index contributed by atoms with van der Waals surface area (Å²) in [5, 5.41) is 9.08. The first-order chi connectivity index (χ1) is 10.3. The lowest BCUT2D eigenvalue weighted by atomic mass is 10.0. The molecule has 1 aromatic carbocycles. The number of nitriles is 1. The number of aromatic amines is 1. The van der Waals surface area contributed by atoms with E-state index in [9.17, 15) is 13.6 Å². The third-order valence-corrected chi connectivity index (χ3v) is 2.94. The zero-order valence-electron chi connectivity index (χ0n) is 12.3. The zero-order chi connectivity index (χ0) is 16.4. The summed E-state index contributed by atoms with van der Waals surface area (Å²) in [5.41, 5.74) is -0.0143. The van der Waals surface area contributed by atoms with E-state index >= 15 is 0 Å². The van der Waals surface area contributed by atoms with Gasteiger partial charge in [-0.15, -0.1) is 0 Å². The average molecular weight is 304 g/mol. The lowest BCUT2D eigenvalue weighted by molar-refractivity contribution is 0.219. The maximum absolute atomic E-state index is 14.1. The first-order valence-electron chi connectivity index (χ1n) is 6.63. The van der Waals surface area contributed by atoms with E-state index in [2.05, 4.69) is 4.98 Å². The maximum atomic E-state index is 14.1. The Bertz CT molecular complexity index is 797. The summed E-state index contributed by atoms with van der Waals surface area (Å²) >= 11 is 0. The van der Waals surface area contributed by atoms with Crippen LogP contribution in [0.5, 0.6) is 5.75 Å². The molecule has 1 heterocycles. The van der Waals surface area contributed by atoms with E-state index < -0.39 is 22.9 Å². The molecule has 1 aromatic heterocycles. The number of halogens is 2. The van der Waals surface area contributed by atoms with Crippen LogP contribution in [0, 0.1) is 29.9 Å². The van der Waals surface area contributed by atoms with Gasteiger partial charge in [0.25, 0.3) is 5.56 Å². The largest absolute Gasteiger partial charge is 0.485 e. The van der Waals surface area contributed by atoms with Crippen molar-refractivity contribution in [2.45, 2.75) is 26.9 Å². The topological polar surface area (TPSA) is 65.9 Å². The van der Waals surface area contributed by atoms with Gasteiger partial charge in [0.15, 0.2) is 17.4 Å². The molecule has 0 unspecified atom stereocenters. The molecule has 0 aliphatic carbocycles. The van der Waals surface area contributed by atoms with Crippen LogP contribution >= 0.6 is 0 Å². The number of pyridine rings is 1. The maximum Gasteiger partial charge on any atom is 0.266 e. The zero-order valence-corrected chi connectivity index (χ0v) is 12.3. The van der Waals surface area contributed by atoms with Crippen LogP contribution < -0.4 is 10.3 Å². The molecule has 2 rings (SSSR count). The molecule has 114 valence electrons. The fourth-order valence-electron chi connectivity index (χ4n) is 2.09. The van der Waals surface area contributed by atoms with Gasteiger partial charge in [-0.2, -0.15) is 5.26 Å². The Hall–Kier alpha value is -2.68. The number of aromatic nitrogens is 1. The molecule has 0 saturated carbocycles. The van der Waals surface area contributed by atoms with Gasteiger partial charge < -0.3 is 9.72 Å². The van der Waals surface area contributed by atoms with Crippen molar-refractivity contribution in [1.29, 1.82) is 5.26 Å². The second-order valence-electron chi connectivity index (χ2n) is 5.12. The molecule has 6 heteroatoms. The van der Waals surface area contributed by atoms with Crippen LogP contribution in [0.1, 0.15) is 25.1 Å². The molecule has 0 spiro atoms. The molecule has 22 heavy (non-hydrogen) atoms. The second-order valence-corrected chi connectivity index (χ2v) is 5.12. The number of benzene rings is 1. The van der Waals surface area contributed by atoms with Crippen LogP contribution in [-0.2, 0) is 0 Å². The third-order valence-electron chi connectivity index (χ3n) is 2.94. The van der Waals surface area contributed by atoms with Crippen molar-refractivity contribution in [2.24, 2.45) is 0 Å². The lowest BCUT2D eigenvalue weighted by Gasteiger charge is -2.13. The first-order valence-corrected chi connectivity index (χ1v) is 6.63. The number of hydrogen-bond donors (Lipinski definition) is 1. The van der Waals surface area contributed by atoms with Crippen molar-refractivity contribution in [3.8, 4) is 22.9 Å². The van der Waals surface area contributed by atoms with Gasteiger partial charge in [-0.25, -0.2) is 8.78 Å². The molecular formula is C16H14F2N2O2. The molecule has 0 amide bonds. The Morgan fingerprint density at radius 3 is 2.32 bits per heavy atom. The highest BCUT2D eigenvalue weighted by Gasteiger charge is 2.17. The van der Waals surface area contributed by atoms with E-state index in [4.69, 9.17) is 10.00 Å². The molecule has 0 bridgehead atoms. The van der Waals surface area contributed by atoms with E-state index in [1.165, 1.54) is 6.07 Å². The van der Waals surface area contributed by atoms with E-state index in [0.29, 0.717) is 5.69 Å². The second kappa shape index (κ2) is 5.98. The molecular weight excluding hydrogens is 290 g/mol. The summed E-state index contributed by atoms with van der Waals surface area (Å²) in [5.74, 6) is -2.24. The van der Waals surface area contributed by atoms with Gasteiger partial charge in [0.2, 0.25) is 0 Å². The van der Waals surface area contributed by atoms with Crippen molar-refractivity contribution in [3.63, 3.8) is 0 Å². The number of rotatable bonds is 3. The van der Waals surface area contributed by atoms with Crippen LogP contribution in [0.3, 0.4) is 0 Å². The van der Waals surface area contributed by atoms with Gasteiger partial charge in [0.05, 0.1) is 6.10 Å². The summed E-state index contributed by atoms with van der Waals surface area (Å²) < 4.78 is 33.2. The average Bonchev–Trinajstić information content (AvgIpc) is 2.41.